The van der Waals surface area contributed by atoms with Crippen LogP contribution >= 0.6 is 12.6 Å². The first-order valence-corrected chi connectivity index (χ1v) is 4.16. The summed E-state index contributed by atoms with van der Waals surface area (Å²) < 4.78 is 0. The summed E-state index contributed by atoms with van der Waals surface area (Å²) in [5.41, 5.74) is 1.000. The number of rotatable bonds is 3. The van der Waals surface area contributed by atoms with Crippen LogP contribution in [0.2, 0.25) is 0 Å². The Hall–Kier alpha value is -0.960. The lowest BCUT2D eigenvalue weighted by Crippen LogP contribution is -2.15. The number of carbonyl (C=O) groups is 1. The van der Waals surface area contributed by atoms with Crippen molar-refractivity contribution in [3.05, 3.63) is 35.9 Å². The maximum atomic E-state index is 10.4. The molecule has 3 heteroatoms. The van der Waals surface area contributed by atoms with Crippen LogP contribution in [0.5, 0.6) is 0 Å². The fourth-order valence-electron chi connectivity index (χ4n) is 0.925. The topological polar surface area (TPSA) is 37.3 Å². The van der Waals surface area contributed by atoms with E-state index in [4.69, 9.17) is 5.11 Å². The molecule has 1 aromatic carbocycles. The maximum Gasteiger partial charge on any atom is 0.316 e. The third-order valence-electron chi connectivity index (χ3n) is 1.56. The lowest BCUT2D eigenvalue weighted by atomic mass is 10.1. The summed E-state index contributed by atoms with van der Waals surface area (Å²) in [5.74, 6) is -0.873. The number of thiol groups is 1. The van der Waals surface area contributed by atoms with Crippen molar-refractivity contribution in [2.75, 3.05) is 0 Å². The first-order chi connectivity index (χ1) is 5.70. The molecule has 0 radical (unpaired) electrons. The Labute approximate surface area is 76.6 Å². The molecule has 1 unspecified atom stereocenters. The molecule has 1 N–H and O–H groups in total. The molecule has 64 valence electrons. The smallest absolute Gasteiger partial charge is 0.316 e. The van der Waals surface area contributed by atoms with Gasteiger partial charge in [-0.25, -0.2) is 0 Å². The monoisotopic (exact) mass is 182 g/mol. The van der Waals surface area contributed by atoms with Gasteiger partial charge in [-0.1, -0.05) is 30.3 Å². The predicted molar refractivity (Wildman–Crippen MR) is 50.6 cm³/mol. The number of carboxylic acids is 1. The second-order valence-electron chi connectivity index (χ2n) is 2.54. The second kappa shape index (κ2) is 4.16. The van der Waals surface area contributed by atoms with Gasteiger partial charge in [0, 0.05) is 0 Å². The number of hydrogen-bond donors (Lipinski definition) is 2. The molecule has 1 rings (SSSR count). The highest BCUT2D eigenvalue weighted by Crippen LogP contribution is 2.07. The minimum atomic E-state index is -0.873. The minimum absolute atomic E-state index is 0.472. The van der Waals surface area contributed by atoms with E-state index >= 15 is 0 Å². The Bertz CT molecular complexity index is 258. The van der Waals surface area contributed by atoms with Gasteiger partial charge < -0.3 is 5.11 Å². The summed E-state index contributed by atoms with van der Waals surface area (Å²) in [5, 5.41) is 7.96. The van der Waals surface area contributed by atoms with Gasteiger partial charge in [0.1, 0.15) is 5.25 Å². The molecule has 12 heavy (non-hydrogen) atoms. The zero-order chi connectivity index (χ0) is 8.97. The molecule has 2 nitrogen and oxygen atoms in total. The predicted octanol–water partition coefficient (Wildman–Crippen LogP) is 1.61. The van der Waals surface area contributed by atoms with Crippen LogP contribution in [0.15, 0.2) is 30.3 Å². The molecule has 0 bridgehead atoms. The van der Waals surface area contributed by atoms with Crippen LogP contribution in [0.4, 0.5) is 0 Å². The number of benzene rings is 1. The summed E-state index contributed by atoms with van der Waals surface area (Å²) in [6.45, 7) is 0. The van der Waals surface area contributed by atoms with Gasteiger partial charge in [-0.3, -0.25) is 4.79 Å². The minimum Gasteiger partial charge on any atom is -0.480 e. The Balaban J connectivity index is 2.58. The van der Waals surface area contributed by atoms with E-state index in [9.17, 15) is 4.79 Å². The Morgan fingerprint density at radius 2 is 2.00 bits per heavy atom. The highest BCUT2D eigenvalue weighted by Gasteiger charge is 2.11. The van der Waals surface area contributed by atoms with Crippen LogP contribution in [0.3, 0.4) is 0 Å². The second-order valence-corrected chi connectivity index (χ2v) is 3.17. The van der Waals surface area contributed by atoms with Crippen LogP contribution in [-0.2, 0) is 11.2 Å². The molecule has 0 aliphatic carbocycles. The highest BCUT2D eigenvalue weighted by molar-refractivity contribution is 7.81. The lowest BCUT2D eigenvalue weighted by Gasteiger charge is -2.03. The van der Waals surface area contributed by atoms with Crippen molar-refractivity contribution in [1.82, 2.24) is 0 Å². The van der Waals surface area contributed by atoms with Gasteiger partial charge in [0.05, 0.1) is 0 Å². The van der Waals surface area contributed by atoms with Gasteiger partial charge >= 0.3 is 5.97 Å². The molecule has 0 aliphatic rings. The summed E-state index contributed by atoms with van der Waals surface area (Å²) in [6, 6.07) is 9.46. The molecular weight excluding hydrogens is 172 g/mol. The third-order valence-corrected chi connectivity index (χ3v) is 1.96. The molecular formula is C9H10O2S. The van der Waals surface area contributed by atoms with Crippen molar-refractivity contribution in [2.24, 2.45) is 0 Å². The number of aliphatic carboxylic acids is 1. The van der Waals surface area contributed by atoms with E-state index in [1.807, 2.05) is 30.3 Å². The van der Waals surface area contributed by atoms with Crippen LogP contribution in [0.25, 0.3) is 0 Å². The van der Waals surface area contributed by atoms with Gasteiger partial charge in [-0.15, -0.1) is 0 Å². The van der Waals surface area contributed by atoms with Gasteiger partial charge in [-0.2, -0.15) is 12.6 Å². The normalized spacial score (nSPS) is 12.4. The Kier molecular flexibility index (Phi) is 3.17. The quantitative estimate of drug-likeness (QED) is 0.697. The lowest BCUT2D eigenvalue weighted by molar-refractivity contribution is -0.136. The molecule has 0 aliphatic heterocycles. The largest absolute Gasteiger partial charge is 0.480 e. The van der Waals surface area contributed by atoms with E-state index in [1.54, 1.807) is 0 Å². The molecule has 1 aromatic rings. The van der Waals surface area contributed by atoms with Crippen LogP contribution in [0, 0.1) is 0 Å². The maximum absolute atomic E-state index is 10.4. The Morgan fingerprint density at radius 1 is 1.42 bits per heavy atom. The highest BCUT2D eigenvalue weighted by atomic mass is 32.1. The molecule has 0 aromatic heterocycles. The molecule has 0 spiro atoms. The third kappa shape index (κ3) is 2.58. The molecule has 0 fully saturated rings. The molecule has 1 atom stereocenters. The van der Waals surface area contributed by atoms with E-state index in [0.717, 1.165) is 5.56 Å². The summed E-state index contributed by atoms with van der Waals surface area (Å²) >= 11 is 3.94. The van der Waals surface area contributed by atoms with Crippen LogP contribution < -0.4 is 0 Å². The summed E-state index contributed by atoms with van der Waals surface area (Å²) in [4.78, 5) is 10.4. The van der Waals surface area contributed by atoms with E-state index in [0.29, 0.717) is 6.42 Å². The zero-order valence-electron chi connectivity index (χ0n) is 6.47. The van der Waals surface area contributed by atoms with Crippen molar-refractivity contribution < 1.29 is 9.90 Å². The fraction of sp³-hybridized carbons (Fsp3) is 0.222. The van der Waals surface area contributed by atoms with Gasteiger partial charge in [0.2, 0.25) is 0 Å². The summed E-state index contributed by atoms with van der Waals surface area (Å²) in [6.07, 6.45) is 0.472. The van der Waals surface area contributed by atoms with Gasteiger partial charge in [-0.05, 0) is 12.0 Å². The van der Waals surface area contributed by atoms with Crippen molar-refractivity contribution in [3.8, 4) is 0 Å². The van der Waals surface area contributed by atoms with E-state index in [1.165, 1.54) is 0 Å². The van der Waals surface area contributed by atoms with Crippen molar-refractivity contribution in [3.63, 3.8) is 0 Å². The number of carboxylic acid groups (broad SMARTS) is 1. The average molecular weight is 182 g/mol. The molecule has 0 heterocycles. The van der Waals surface area contributed by atoms with Crippen molar-refractivity contribution in [1.29, 1.82) is 0 Å². The van der Waals surface area contributed by atoms with E-state index in [-0.39, 0.29) is 0 Å². The van der Waals surface area contributed by atoms with Crippen molar-refractivity contribution in [2.45, 2.75) is 11.7 Å². The average Bonchev–Trinajstić information content (AvgIpc) is 2.06. The van der Waals surface area contributed by atoms with Crippen molar-refractivity contribution >= 4 is 18.6 Å². The Morgan fingerprint density at radius 3 is 2.50 bits per heavy atom. The molecule has 0 amide bonds. The van der Waals surface area contributed by atoms with Crippen LogP contribution in [-0.4, -0.2) is 16.3 Å². The molecule has 0 saturated carbocycles. The van der Waals surface area contributed by atoms with E-state index in [2.05, 4.69) is 12.6 Å². The molecule has 0 saturated heterocycles. The van der Waals surface area contributed by atoms with Gasteiger partial charge in [0.25, 0.3) is 0 Å². The fourth-order valence-corrected chi connectivity index (χ4v) is 1.14. The first kappa shape index (κ1) is 9.13. The van der Waals surface area contributed by atoms with E-state index < -0.39 is 11.2 Å². The van der Waals surface area contributed by atoms with Gasteiger partial charge in [0.15, 0.2) is 0 Å². The first-order valence-electron chi connectivity index (χ1n) is 3.65. The zero-order valence-corrected chi connectivity index (χ0v) is 7.37. The number of hydrogen-bond acceptors (Lipinski definition) is 2. The van der Waals surface area contributed by atoms with Crippen LogP contribution in [0.1, 0.15) is 5.56 Å². The summed E-state index contributed by atoms with van der Waals surface area (Å²) in [7, 11) is 0. The standard InChI is InChI=1S/C9H10O2S/c10-9(11)8(12)6-7-4-2-1-3-5-7/h1-5,8,12H,6H2,(H,10,11). The SMILES string of the molecule is O=C(O)C(S)Cc1ccccc1.